The zero-order chi connectivity index (χ0) is 41.4. The third-order valence-electron chi connectivity index (χ3n) is 12.4. The molecule has 4 aromatic heterocycles. The Morgan fingerprint density at radius 1 is 0.302 bits per heavy atom. The number of aromatic nitrogens is 5. The average molecular weight is 806 g/mol. The van der Waals surface area contributed by atoms with E-state index in [-0.39, 0.29) is 0 Å². The van der Waals surface area contributed by atoms with Crippen molar-refractivity contribution < 1.29 is 4.42 Å². The van der Waals surface area contributed by atoms with Gasteiger partial charge in [0.05, 0.1) is 22.1 Å². The van der Waals surface area contributed by atoms with Gasteiger partial charge in [0.1, 0.15) is 5.58 Å². The van der Waals surface area contributed by atoms with Gasteiger partial charge < -0.3 is 13.6 Å². The maximum atomic E-state index is 6.93. The van der Waals surface area contributed by atoms with Crippen molar-refractivity contribution >= 4 is 65.6 Å². The van der Waals surface area contributed by atoms with Gasteiger partial charge in [-0.2, -0.15) is 0 Å². The van der Waals surface area contributed by atoms with Crippen molar-refractivity contribution in [3.05, 3.63) is 212 Å². The van der Waals surface area contributed by atoms with E-state index in [0.717, 1.165) is 82.9 Å². The second kappa shape index (κ2) is 14.0. The summed E-state index contributed by atoms with van der Waals surface area (Å²) in [5.41, 5.74) is 13.2. The van der Waals surface area contributed by atoms with Gasteiger partial charge in [0.25, 0.3) is 0 Å². The van der Waals surface area contributed by atoms with Crippen LogP contribution in [0.25, 0.3) is 122 Å². The lowest BCUT2D eigenvalue weighted by Gasteiger charge is -2.11. The first-order valence-corrected chi connectivity index (χ1v) is 21.2. The van der Waals surface area contributed by atoms with E-state index >= 15 is 0 Å². The summed E-state index contributed by atoms with van der Waals surface area (Å²) in [6.45, 7) is 0. The van der Waals surface area contributed by atoms with Crippen molar-refractivity contribution in [2.75, 3.05) is 0 Å². The Labute approximate surface area is 361 Å². The van der Waals surface area contributed by atoms with Gasteiger partial charge in [-0.1, -0.05) is 152 Å². The van der Waals surface area contributed by atoms with E-state index in [9.17, 15) is 0 Å². The lowest BCUT2D eigenvalue weighted by Crippen LogP contribution is -2.00. The number of benzene rings is 9. The number of para-hydroxylation sites is 3. The quantitative estimate of drug-likeness (QED) is 0.168. The van der Waals surface area contributed by atoms with Gasteiger partial charge in [0, 0.05) is 60.4 Å². The molecule has 0 aliphatic carbocycles. The van der Waals surface area contributed by atoms with E-state index in [1.165, 1.54) is 21.8 Å². The minimum atomic E-state index is 0.599. The van der Waals surface area contributed by atoms with Gasteiger partial charge >= 0.3 is 0 Å². The van der Waals surface area contributed by atoms with Gasteiger partial charge in [-0.05, 0) is 71.8 Å². The first-order chi connectivity index (χ1) is 31.2. The summed E-state index contributed by atoms with van der Waals surface area (Å²) in [7, 11) is 0. The van der Waals surface area contributed by atoms with Crippen molar-refractivity contribution in [1.29, 1.82) is 0 Å². The van der Waals surface area contributed by atoms with E-state index in [0.29, 0.717) is 17.5 Å². The van der Waals surface area contributed by atoms with Crippen LogP contribution in [-0.2, 0) is 0 Å². The fourth-order valence-electron chi connectivity index (χ4n) is 9.46. The summed E-state index contributed by atoms with van der Waals surface area (Å²) in [5.74, 6) is 1.83. The van der Waals surface area contributed by atoms with E-state index < -0.39 is 0 Å². The summed E-state index contributed by atoms with van der Waals surface area (Å²) < 4.78 is 11.6. The van der Waals surface area contributed by atoms with Crippen LogP contribution in [0.2, 0.25) is 0 Å². The minimum absolute atomic E-state index is 0.599. The molecule has 0 unspecified atom stereocenters. The van der Waals surface area contributed by atoms with Crippen molar-refractivity contribution in [3.63, 3.8) is 0 Å². The van der Waals surface area contributed by atoms with E-state index in [2.05, 4.69) is 185 Å². The molecule has 294 valence electrons. The zero-order valence-electron chi connectivity index (χ0n) is 33.9. The molecule has 0 spiro atoms. The Hall–Kier alpha value is -8.61. The smallest absolute Gasteiger partial charge is 0.164 e. The summed E-state index contributed by atoms with van der Waals surface area (Å²) in [6, 6.07) is 74.3. The molecular weight excluding hydrogens is 771 g/mol. The maximum absolute atomic E-state index is 6.93. The van der Waals surface area contributed by atoms with Crippen LogP contribution in [0.1, 0.15) is 0 Å². The highest BCUT2D eigenvalue weighted by atomic mass is 16.3. The molecular formula is C57H35N5O. The van der Waals surface area contributed by atoms with E-state index in [4.69, 9.17) is 19.4 Å². The number of hydrogen-bond donors (Lipinski definition) is 0. The normalized spacial score (nSPS) is 11.8. The first-order valence-electron chi connectivity index (χ1n) is 21.2. The molecule has 0 aliphatic heterocycles. The number of nitrogens with zero attached hydrogens (tertiary/aromatic N) is 5. The Bertz CT molecular complexity index is 3850. The second-order valence-corrected chi connectivity index (χ2v) is 16.0. The van der Waals surface area contributed by atoms with Gasteiger partial charge in [-0.3, -0.25) is 0 Å². The Morgan fingerprint density at radius 3 is 1.56 bits per heavy atom. The Morgan fingerprint density at radius 2 is 0.841 bits per heavy atom. The molecule has 13 rings (SSSR count). The van der Waals surface area contributed by atoms with Crippen molar-refractivity contribution in [1.82, 2.24) is 24.1 Å². The lowest BCUT2D eigenvalue weighted by atomic mass is 10.0. The van der Waals surface area contributed by atoms with Crippen LogP contribution in [0.15, 0.2) is 217 Å². The molecule has 0 saturated heterocycles. The summed E-state index contributed by atoms with van der Waals surface area (Å²) >= 11 is 0. The van der Waals surface area contributed by atoms with Crippen LogP contribution < -0.4 is 0 Å². The predicted molar refractivity (Wildman–Crippen MR) is 258 cm³/mol. The van der Waals surface area contributed by atoms with E-state index in [1.807, 2.05) is 36.4 Å². The van der Waals surface area contributed by atoms with Crippen molar-refractivity contribution in [3.8, 4) is 56.7 Å². The molecule has 6 nitrogen and oxygen atoms in total. The molecule has 0 radical (unpaired) electrons. The Balaban J connectivity index is 1.02. The van der Waals surface area contributed by atoms with E-state index in [1.54, 1.807) is 0 Å². The molecule has 0 saturated carbocycles. The predicted octanol–water partition coefficient (Wildman–Crippen LogP) is 14.6. The van der Waals surface area contributed by atoms with Crippen LogP contribution in [-0.4, -0.2) is 24.1 Å². The van der Waals surface area contributed by atoms with Crippen LogP contribution in [0.4, 0.5) is 0 Å². The zero-order valence-corrected chi connectivity index (χ0v) is 33.9. The lowest BCUT2D eigenvalue weighted by molar-refractivity contribution is 0.671. The van der Waals surface area contributed by atoms with Gasteiger partial charge in [-0.15, -0.1) is 0 Å². The van der Waals surface area contributed by atoms with Crippen molar-refractivity contribution in [2.45, 2.75) is 0 Å². The second-order valence-electron chi connectivity index (χ2n) is 16.0. The molecule has 0 N–H and O–H groups in total. The van der Waals surface area contributed by atoms with Gasteiger partial charge in [0.2, 0.25) is 0 Å². The first kappa shape index (κ1) is 35.2. The summed E-state index contributed by atoms with van der Waals surface area (Å²) in [4.78, 5) is 15.4. The van der Waals surface area contributed by atoms with Gasteiger partial charge in [0.15, 0.2) is 23.1 Å². The Kier molecular flexibility index (Phi) is 7.80. The highest BCUT2D eigenvalue weighted by molar-refractivity contribution is 6.22. The van der Waals surface area contributed by atoms with Crippen LogP contribution in [0.3, 0.4) is 0 Å². The van der Waals surface area contributed by atoms with Gasteiger partial charge in [-0.25, -0.2) is 15.0 Å². The topological polar surface area (TPSA) is 61.7 Å². The SMILES string of the molecule is c1ccc(-c2cccc(-c3nc(-c4ccccc4)nc(-c4ccc5c6ccc7c8cc(-n9c%10ccccc%10c%10ccccc%109)ccc8oc7c6n(-c6ccccc6)c5c4)n3)c2)cc1. The standard InChI is InChI=1S/C57H35N5O/c1-4-15-36(16-5-1)38-19-14-20-39(33-38)56-58-55(37-17-6-2-7-18-37)59-57(60-56)40-27-29-45-46-30-31-47-48-35-42(61-49-25-12-10-23-43(49)44-24-11-13-26-50(44)61)28-32-52(48)63-54(47)53(46)62(51(45)34-40)41-21-8-3-9-22-41/h1-35H. The van der Waals surface area contributed by atoms with Crippen LogP contribution >= 0.6 is 0 Å². The monoisotopic (exact) mass is 805 g/mol. The number of rotatable bonds is 6. The number of furan rings is 1. The molecule has 13 aromatic rings. The molecule has 0 aliphatic rings. The van der Waals surface area contributed by atoms with Crippen LogP contribution in [0.5, 0.6) is 0 Å². The maximum Gasteiger partial charge on any atom is 0.164 e. The molecule has 0 fully saturated rings. The third-order valence-corrected chi connectivity index (χ3v) is 12.4. The fourth-order valence-corrected chi connectivity index (χ4v) is 9.46. The molecule has 0 amide bonds. The van der Waals surface area contributed by atoms with Crippen LogP contribution in [0, 0.1) is 0 Å². The summed E-state index contributed by atoms with van der Waals surface area (Å²) in [5, 5.41) is 6.82. The summed E-state index contributed by atoms with van der Waals surface area (Å²) in [6.07, 6.45) is 0. The molecule has 6 heteroatoms. The minimum Gasteiger partial charge on any atom is -0.454 e. The molecule has 4 heterocycles. The molecule has 0 atom stereocenters. The largest absolute Gasteiger partial charge is 0.454 e. The molecule has 0 bridgehead atoms. The third kappa shape index (κ3) is 5.62. The highest BCUT2D eigenvalue weighted by Gasteiger charge is 2.22. The average Bonchev–Trinajstić information content (AvgIpc) is 4.02. The number of hydrogen-bond acceptors (Lipinski definition) is 4. The highest BCUT2D eigenvalue weighted by Crippen LogP contribution is 2.42. The number of fused-ring (bicyclic) bond motifs is 10. The molecule has 9 aromatic carbocycles. The molecule has 63 heavy (non-hydrogen) atoms. The van der Waals surface area contributed by atoms with Crippen molar-refractivity contribution in [2.24, 2.45) is 0 Å². The fraction of sp³-hybridized carbons (Fsp3) is 0.